The van der Waals surface area contributed by atoms with Crippen molar-refractivity contribution in [2.45, 2.75) is 92.4 Å². The highest BCUT2D eigenvalue weighted by Gasteiger charge is 2.45. The fourth-order valence-corrected chi connectivity index (χ4v) is 5.34. The lowest BCUT2D eigenvalue weighted by Crippen LogP contribution is -2.59. The SMILES string of the molecule is O=C(CNCC(=O)N(CCO[C@H]1O[C@H](CO)[C@@H](O)[C@H](O)[C@@H]1O)CCO[C@H]1O[C@H](CO)[C@@H](O)[C@H](O)[C@@H]1O)NCCO[C@H]1C[C@@H](O)[C@H](O)[C@@H](CO)O1. The van der Waals surface area contributed by atoms with Crippen LogP contribution in [0.4, 0.5) is 0 Å². The minimum Gasteiger partial charge on any atom is -0.394 e. The Morgan fingerprint density at radius 2 is 1.12 bits per heavy atom. The molecule has 0 radical (unpaired) electrons. The van der Waals surface area contributed by atoms with E-state index in [9.17, 15) is 65.8 Å². The van der Waals surface area contributed by atoms with Crippen LogP contribution in [0.2, 0.25) is 0 Å². The number of ether oxygens (including phenoxy) is 6. The second-order valence-electron chi connectivity index (χ2n) is 11.9. The van der Waals surface area contributed by atoms with Gasteiger partial charge in [-0.2, -0.15) is 0 Å². The zero-order valence-corrected chi connectivity index (χ0v) is 27.2. The molecule has 0 aliphatic carbocycles. The molecule has 0 unspecified atom stereocenters. The molecule has 292 valence electrons. The molecule has 22 nitrogen and oxygen atoms in total. The van der Waals surface area contributed by atoms with E-state index in [-0.39, 0.29) is 59.0 Å². The van der Waals surface area contributed by atoms with Crippen molar-refractivity contribution in [3.8, 4) is 0 Å². The Balaban J connectivity index is 1.47. The minimum atomic E-state index is -1.68. The smallest absolute Gasteiger partial charge is 0.236 e. The van der Waals surface area contributed by atoms with Crippen LogP contribution in [0.3, 0.4) is 0 Å². The first kappa shape index (κ1) is 42.6. The Kier molecular flexibility index (Phi) is 18.0. The molecule has 0 aromatic heterocycles. The van der Waals surface area contributed by atoms with Gasteiger partial charge >= 0.3 is 0 Å². The predicted octanol–water partition coefficient (Wildman–Crippen LogP) is -9.00. The molecule has 13 N–H and O–H groups in total. The van der Waals surface area contributed by atoms with Gasteiger partial charge in [0, 0.05) is 26.1 Å². The second kappa shape index (κ2) is 21.1. The number of nitrogens with zero attached hydrogens (tertiary/aromatic N) is 1. The number of rotatable bonds is 19. The van der Waals surface area contributed by atoms with Crippen LogP contribution in [-0.4, -0.2) is 231 Å². The van der Waals surface area contributed by atoms with Crippen LogP contribution in [-0.2, 0) is 38.0 Å². The Morgan fingerprint density at radius 3 is 1.62 bits per heavy atom. The van der Waals surface area contributed by atoms with E-state index in [1.807, 2.05) is 0 Å². The van der Waals surface area contributed by atoms with Crippen molar-refractivity contribution in [2.75, 3.05) is 72.4 Å². The summed E-state index contributed by atoms with van der Waals surface area (Å²) >= 11 is 0. The lowest BCUT2D eigenvalue weighted by molar-refractivity contribution is -0.303. The fraction of sp³-hybridized carbons (Fsp3) is 0.929. The van der Waals surface area contributed by atoms with Crippen LogP contribution in [0, 0.1) is 0 Å². The molecule has 50 heavy (non-hydrogen) atoms. The van der Waals surface area contributed by atoms with Gasteiger partial charge in [-0.25, -0.2) is 0 Å². The number of aliphatic hydroxyl groups excluding tert-OH is 11. The summed E-state index contributed by atoms with van der Waals surface area (Å²) in [5, 5.41) is 113. The maximum absolute atomic E-state index is 13.1. The number of amides is 2. The van der Waals surface area contributed by atoms with E-state index < -0.39 is 118 Å². The van der Waals surface area contributed by atoms with Gasteiger partial charge in [-0.3, -0.25) is 14.9 Å². The molecule has 0 bridgehead atoms. The summed E-state index contributed by atoms with van der Waals surface area (Å²) in [4.78, 5) is 26.6. The summed E-state index contributed by atoms with van der Waals surface area (Å²) in [6, 6.07) is 0. The van der Waals surface area contributed by atoms with E-state index in [1.165, 1.54) is 4.90 Å². The second-order valence-corrected chi connectivity index (χ2v) is 11.9. The molecule has 14 atom stereocenters. The molecular formula is C28H51N3O19. The Hall–Kier alpha value is -1.78. The van der Waals surface area contributed by atoms with Crippen molar-refractivity contribution in [1.82, 2.24) is 15.5 Å². The molecule has 3 saturated heterocycles. The molecule has 0 saturated carbocycles. The highest BCUT2D eigenvalue weighted by molar-refractivity contribution is 5.81. The van der Waals surface area contributed by atoms with Gasteiger partial charge in [0.2, 0.25) is 11.8 Å². The first-order chi connectivity index (χ1) is 23.8. The van der Waals surface area contributed by atoms with E-state index in [4.69, 9.17) is 28.4 Å². The van der Waals surface area contributed by atoms with E-state index in [0.29, 0.717) is 0 Å². The Bertz CT molecular complexity index is 973. The summed E-state index contributed by atoms with van der Waals surface area (Å²) in [6.45, 7) is -3.40. The molecule has 0 spiro atoms. The van der Waals surface area contributed by atoms with Crippen LogP contribution in [0.25, 0.3) is 0 Å². The van der Waals surface area contributed by atoms with Gasteiger partial charge in [0.25, 0.3) is 0 Å². The molecule has 3 heterocycles. The van der Waals surface area contributed by atoms with Crippen LogP contribution >= 0.6 is 0 Å². The lowest BCUT2D eigenvalue weighted by Gasteiger charge is -2.40. The maximum atomic E-state index is 13.1. The fourth-order valence-electron chi connectivity index (χ4n) is 5.34. The van der Waals surface area contributed by atoms with Gasteiger partial charge < -0.3 is 94.8 Å². The number of carbonyl (C=O) groups excluding carboxylic acids is 2. The Morgan fingerprint density at radius 1 is 0.620 bits per heavy atom. The molecule has 0 aromatic rings. The molecule has 3 aliphatic heterocycles. The largest absolute Gasteiger partial charge is 0.394 e. The van der Waals surface area contributed by atoms with E-state index in [1.54, 1.807) is 0 Å². The van der Waals surface area contributed by atoms with Crippen molar-refractivity contribution >= 4 is 11.8 Å². The Labute approximate surface area is 286 Å². The van der Waals surface area contributed by atoms with Gasteiger partial charge in [0.15, 0.2) is 18.9 Å². The van der Waals surface area contributed by atoms with Crippen LogP contribution < -0.4 is 10.6 Å². The van der Waals surface area contributed by atoms with Crippen molar-refractivity contribution < 1.29 is 94.2 Å². The first-order valence-electron chi connectivity index (χ1n) is 16.2. The molecule has 22 heteroatoms. The van der Waals surface area contributed by atoms with Crippen molar-refractivity contribution in [2.24, 2.45) is 0 Å². The van der Waals surface area contributed by atoms with Crippen LogP contribution in [0.5, 0.6) is 0 Å². The van der Waals surface area contributed by atoms with Crippen molar-refractivity contribution in [3.05, 3.63) is 0 Å². The lowest BCUT2D eigenvalue weighted by atomic mass is 9.99. The third kappa shape index (κ3) is 11.9. The number of nitrogens with one attached hydrogen (secondary N) is 2. The van der Waals surface area contributed by atoms with E-state index >= 15 is 0 Å². The molecule has 0 aromatic carbocycles. The number of aliphatic hydroxyl groups is 11. The highest BCUT2D eigenvalue weighted by Crippen LogP contribution is 2.24. The number of hydrogen-bond donors (Lipinski definition) is 13. The third-order valence-corrected chi connectivity index (χ3v) is 8.34. The third-order valence-electron chi connectivity index (χ3n) is 8.34. The monoisotopic (exact) mass is 733 g/mol. The van der Waals surface area contributed by atoms with Gasteiger partial charge in [-0.1, -0.05) is 0 Å². The topological polar surface area (TPSA) is 339 Å². The molecule has 3 fully saturated rings. The highest BCUT2D eigenvalue weighted by atomic mass is 16.7. The van der Waals surface area contributed by atoms with Gasteiger partial charge in [-0.05, 0) is 0 Å². The predicted molar refractivity (Wildman–Crippen MR) is 160 cm³/mol. The zero-order chi connectivity index (χ0) is 37.0. The quantitative estimate of drug-likeness (QED) is 0.0548. The number of hydrogen-bond acceptors (Lipinski definition) is 20. The molecule has 3 rings (SSSR count). The molecule has 3 aliphatic rings. The molecular weight excluding hydrogens is 682 g/mol. The van der Waals surface area contributed by atoms with E-state index in [2.05, 4.69) is 10.6 Å². The summed E-state index contributed by atoms with van der Waals surface area (Å²) in [5.41, 5.74) is 0. The van der Waals surface area contributed by atoms with Crippen LogP contribution in [0.1, 0.15) is 6.42 Å². The summed E-state index contributed by atoms with van der Waals surface area (Å²) < 4.78 is 32.3. The normalized spacial score (nSPS) is 37.7. The summed E-state index contributed by atoms with van der Waals surface area (Å²) in [6.07, 6.45) is -19.6. The molecule has 2 amide bonds. The number of carbonyl (C=O) groups is 2. The van der Waals surface area contributed by atoms with Crippen LogP contribution in [0.15, 0.2) is 0 Å². The summed E-state index contributed by atoms with van der Waals surface area (Å²) in [5.74, 6) is -1.07. The average molecular weight is 734 g/mol. The van der Waals surface area contributed by atoms with Crippen molar-refractivity contribution in [3.63, 3.8) is 0 Å². The summed E-state index contributed by atoms with van der Waals surface area (Å²) in [7, 11) is 0. The zero-order valence-electron chi connectivity index (χ0n) is 27.2. The standard InChI is InChI=1S/C28H51N3O19/c32-10-14-20(38)13(35)7-19(48-14)45-4-1-30-17(36)8-29-9-18(37)31(2-5-46-27-25(43)23(41)21(39)15(11-33)49-27)3-6-47-28-26(44)24(42)22(40)16(12-34)50-28/h13-16,19-29,32-35,38-44H,1-12H2,(H,30,36)/t13-,14-,15-,16-,19-,20+,21-,22-,23+,24+,25+,26+,27+,28+/m1/s1. The maximum Gasteiger partial charge on any atom is 0.236 e. The van der Waals surface area contributed by atoms with Gasteiger partial charge in [0.05, 0.1) is 58.8 Å². The van der Waals surface area contributed by atoms with Gasteiger partial charge in [0.1, 0.15) is 61.0 Å². The van der Waals surface area contributed by atoms with E-state index in [0.717, 1.165) is 0 Å². The van der Waals surface area contributed by atoms with Gasteiger partial charge in [-0.15, -0.1) is 0 Å². The first-order valence-corrected chi connectivity index (χ1v) is 16.2. The average Bonchev–Trinajstić information content (AvgIpc) is 3.10. The minimum absolute atomic E-state index is 0.0209. The van der Waals surface area contributed by atoms with Crippen molar-refractivity contribution in [1.29, 1.82) is 0 Å².